The Kier molecular flexibility index (Phi) is 8.54. The zero-order valence-electron chi connectivity index (χ0n) is 15.9. The molecule has 1 N–H and O–H groups in total. The second kappa shape index (κ2) is 10.4. The maximum atomic E-state index is 12.9. The molecule has 0 radical (unpaired) electrons. The number of hydrogen-bond acceptors (Lipinski definition) is 4. The summed E-state index contributed by atoms with van der Waals surface area (Å²) >= 11 is 4.93. The van der Waals surface area contributed by atoms with Gasteiger partial charge >= 0.3 is 5.97 Å². The lowest BCUT2D eigenvalue weighted by molar-refractivity contribution is -0.144. The lowest BCUT2D eigenvalue weighted by Crippen LogP contribution is -2.41. The summed E-state index contributed by atoms with van der Waals surface area (Å²) in [5.41, 5.74) is 3.02. The number of aryl methyl sites for hydroxylation is 3. The van der Waals surface area contributed by atoms with Crippen molar-refractivity contribution in [1.29, 1.82) is 0 Å². The summed E-state index contributed by atoms with van der Waals surface area (Å²) in [5, 5.41) is 0. The second-order valence-corrected chi connectivity index (χ2v) is 9.37. The Bertz CT molecular complexity index is 801. The first kappa shape index (κ1) is 22.1. The van der Waals surface area contributed by atoms with Gasteiger partial charge in [0.1, 0.15) is 17.0 Å². The van der Waals surface area contributed by atoms with Crippen LogP contribution < -0.4 is 4.72 Å². The first-order valence-corrected chi connectivity index (χ1v) is 11.6. The molecular weight excluding hydrogens is 446 g/mol. The van der Waals surface area contributed by atoms with Crippen LogP contribution in [0.4, 0.5) is 0 Å². The minimum atomic E-state index is -1.50. The molecule has 0 bridgehead atoms. The van der Waals surface area contributed by atoms with Gasteiger partial charge in [0.15, 0.2) is 0 Å². The smallest absolute Gasteiger partial charge is 0.324 e. The third-order valence-electron chi connectivity index (χ3n) is 3.84. The molecule has 0 fully saturated rings. The zero-order valence-corrected chi connectivity index (χ0v) is 19.1. The van der Waals surface area contributed by atoms with Crippen LogP contribution in [0.15, 0.2) is 50.7 Å². The normalized spacial score (nSPS) is 13.2. The minimum Gasteiger partial charge on any atom is -0.465 e. The van der Waals surface area contributed by atoms with E-state index in [1.165, 1.54) is 11.8 Å². The van der Waals surface area contributed by atoms with E-state index in [-0.39, 0.29) is 6.61 Å². The molecule has 2 aromatic carbocycles. The van der Waals surface area contributed by atoms with Gasteiger partial charge in [-0.1, -0.05) is 33.6 Å². The Morgan fingerprint density at radius 2 is 1.78 bits per heavy atom. The van der Waals surface area contributed by atoms with Gasteiger partial charge in [0, 0.05) is 15.1 Å². The summed E-state index contributed by atoms with van der Waals surface area (Å²) in [6.07, 6.45) is 0. The standard InChI is InChI=1S/C20H24BrNO3S2/c1-5-25-20(23)18(12-26-17-8-6-16(21)7-9-17)22-27(24)19-14(3)10-13(2)11-15(19)4/h6-11,18,22H,5,12H2,1-4H3/t18-,27+/m1/s1. The number of ether oxygens (including phenoxy) is 1. The number of thioether (sulfide) groups is 1. The first-order valence-electron chi connectivity index (χ1n) is 8.62. The quantitative estimate of drug-likeness (QED) is 0.449. The lowest BCUT2D eigenvalue weighted by Gasteiger charge is -2.18. The Balaban J connectivity index is 2.15. The van der Waals surface area contributed by atoms with Crippen LogP contribution in [0.1, 0.15) is 23.6 Å². The molecule has 2 aromatic rings. The Hall–Kier alpha value is -1.15. The van der Waals surface area contributed by atoms with E-state index in [1.54, 1.807) is 6.92 Å². The highest BCUT2D eigenvalue weighted by molar-refractivity contribution is 9.10. The molecule has 0 aliphatic carbocycles. The number of halogens is 1. The van der Waals surface area contributed by atoms with Crippen LogP contribution in [-0.4, -0.2) is 28.6 Å². The van der Waals surface area contributed by atoms with Crippen LogP contribution in [-0.2, 0) is 20.5 Å². The van der Waals surface area contributed by atoms with Gasteiger partial charge in [-0.15, -0.1) is 11.8 Å². The molecule has 7 heteroatoms. The van der Waals surface area contributed by atoms with Gasteiger partial charge in [-0.2, -0.15) is 0 Å². The average Bonchev–Trinajstić information content (AvgIpc) is 2.59. The van der Waals surface area contributed by atoms with Crippen LogP contribution in [0.25, 0.3) is 0 Å². The minimum absolute atomic E-state index is 0.287. The van der Waals surface area contributed by atoms with Crippen molar-refractivity contribution in [1.82, 2.24) is 4.72 Å². The maximum Gasteiger partial charge on any atom is 0.324 e. The van der Waals surface area contributed by atoms with Gasteiger partial charge in [-0.25, -0.2) is 8.93 Å². The first-order chi connectivity index (χ1) is 12.8. The molecule has 0 aromatic heterocycles. The molecule has 0 amide bonds. The average molecular weight is 470 g/mol. The van der Waals surface area contributed by atoms with Crippen LogP contribution in [0, 0.1) is 20.8 Å². The molecule has 2 atom stereocenters. The highest BCUT2D eigenvalue weighted by Gasteiger charge is 2.24. The summed E-state index contributed by atoms with van der Waals surface area (Å²) in [6.45, 7) is 7.93. The maximum absolute atomic E-state index is 12.9. The predicted molar refractivity (Wildman–Crippen MR) is 115 cm³/mol. The molecule has 0 spiro atoms. The van der Waals surface area contributed by atoms with E-state index < -0.39 is 23.0 Å². The van der Waals surface area contributed by atoms with Crippen molar-refractivity contribution >= 4 is 44.6 Å². The van der Waals surface area contributed by atoms with E-state index in [0.29, 0.717) is 5.75 Å². The third-order valence-corrected chi connectivity index (χ3v) is 6.99. The fourth-order valence-electron chi connectivity index (χ4n) is 2.75. The van der Waals surface area contributed by atoms with Crippen molar-refractivity contribution in [3.8, 4) is 0 Å². The van der Waals surface area contributed by atoms with E-state index in [9.17, 15) is 9.00 Å². The highest BCUT2D eigenvalue weighted by Crippen LogP contribution is 2.23. The van der Waals surface area contributed by atoms with Crippen molar-refractivity contribution in [3.05, 3.63) is 57.6 Å². The summed E-state index contributed by atoms with van der Waals surface area (Å²) in [5.74, 6) is 0.0359. The Morgan fingerprint density at radius 3 is 2.33 bits per heavy atom. The topological polar surface area (TPSA) is 55.4 Å². The molecule has 0 aliphatic heterocycles. The van der Waals surface area contributed by atoms with Gasteiger partial charge in [0.25, 0.3) is 0 Å². The van der Waals surface area contributed by atoms with Crippen LogP contribution in [0.5, 0.6) is 0 Å². The van der Waals surface area contributed by atoms with E-state index >= 15 is 0 Å². The molecule has 0 saturated heterocycles. The molecular formula is C20H24BrNO3S2. The summed E-state index contributed by atoms with van der Waals surface area (Å²) in [7, 11) is -1.50. The summed E-state index contributed by atoms with van der Waals surface area (Å²) in [4.78, 5) is 14.1. The lowest BCUT2D eigenvalue weighted by atomic mass is 10.1. The van der Waals surface area contributed by atoms with Crippen molar-refractivity contribution < 1.29 is 13.7 Å². The monoisotopic (exact) mass is 469 g/mol. The van der Waals surface area contributed by atoms with E-state index in [2.05, 4.69) is 20.7 Å². The number of nitrogens with one attached hydrogen (secondary N) is 1. The SMILES string of the molecule is CCOC(=O)[C@@H](CSc1ccc(Br)cc1)N[S@@](=O)c1c(C)cc(C)cc1C. The van der Waals surface area contributed by atoms with Crippen LogP contribution in [0.3, 0.4) is 0 Å². The second-order valence-electron chi connectivity index (χ2n) is 6.18. The largest absolute Gasteiger partial charge is 0.465 e. The molecule has 27 heavy (non-hydrogen) atoms. The van der Waals surface area contributed by atoms with Crippen molar-refractivity contribution in [2.45, 2.75) is 43.5 Å². The molecule has 0 saturated carbocycles. The van der Waals surface area contributed by atoms with Gasteiger partial charge in [-0.3, -0.25) is 4.79 Å². The predicted octanol–water partition coefficient (Wildman–Crippen LogP) is 4.71. The highest BCUT2D eigenvalue weighted by atomic mass is 79.9. The molecule has 2 rings (SSSR count). The number of carbonyl (C=O) groups is 1. The van der Waals surface area contributed by atoms with Crippen molar-refractivity contribution in [3.63, 3.8) is 0 Å². The molecule has 146 valence electrons. The number of carbonyl (C=O) groups excluding carboxylic acids is 1. The van der Waals surface area contributed by atoms with Crippen molar-refractivity contribution in [2.75, 3.05) is 12.4 Å². The molecule has 0 aliphatic rings. The van der Waals surface area contributed by atoms with E-state index in [1.807, 2.05) is 57.2 Å². The molecule has 0 heterocycles. The number of benzene rings is 2. The van der Waals surface area contributed by atoms with E-state index in [4.69, 9.17) is 4.74 Å². The fourth-order valence-corrected chi connectivity index (χ4v) is 5.29. The summed E-state index contributed by atoms with van der Waals surface area (Å²) in [6, 6.07) is 11.2. The third kappa shape index (κ3) is 6.45. The molecule has 0 unspecified atom stereocenters. The van der Waals surface area contributed by atoms with Crippen molar-refractivity contribution in [2.24, 2.45) is 0 Å². The van der Waals surface area contributed by atoms with Gasteiger partial charge in [0.05, 0.1) is 11.5 Å². The molecule has 4 nitrogen and oxygen atoms in total. The number of esters is 1. The fraction of sp³-hybridized carbons (Fsp3) is 0.350. The van der Waals surface area contributed by atoms with Crippen LogP contribution in [0.2, 0.25) is 0 Å². The Morgan fingerprint density at radius 1 is 1.19 bits per heavy atom. The van der Waals surface area contributed by atoms with E-state index in [0.717, 1.165) is 31.0 Å². The number of hydrogen-bond donors (Lipinski definition) is 1. The summed E-state index contributed by atoms with van der Waals surface area (Å²) < 4.78 is 22.1. The Labute approximate surface area is 176 Å². The van der Waals surface area contributed by atoms with Gasteiger partial charge < -0.3 is 4.74 Å². The van der Waals surface area contributed by atoms with Gasteiger partial charge in [0.2, 0.25) is 0 Å². The van der Waals surface area contributed by atoms with Gasteiger partial charge in [-0.05, 0) is 63.1 Å². The number of rotatable bonds is 8. The zero-order chi connectivity index (χ0) is 20.0. The van der Waals surface area contributed by atoms with Crippen LogP contribution >= 0.6 is 27.7 Å².